The molecule has 2 aromatic rings. The Labute approximate surface area is 119 Å². The Hall–Kier alpha value is -2.12. The number of benzene rings is 1. The van der Waals surface area contributed by atoms with Gasteiger partial charge in [-0.05, 0) is 43.1 Å². The zero-order valence-corrected chi connectivity index (χ0v) is 11.4. The lowest BCUT2D eigenvalue weighted by molar-refractivity contribution is 0.219. The Kier molecular flexibility index (Phi) is 3.80. The van der Waals surface area contributed by atoms with Crippen molar-refractivity contribution >= 4 is 0 Å². The van der Waals surface area contributed by atoms with E-state index in [2.05, 4.69) is 28.2 Å². The number of rotatable bonds is 4. The molecular formula is C16H18N4. The highest BCUT2D eigenvalue weighted by Crippen LogP contribution is 2.21. The monoisotopic (exact) mass is 266 g/mol. The molecule has 1 aromatic heterocycles. The zero-order valence-electron chi connectivity index (χ0n) is 11.4. The van der Waals surface area contributed by atoms with Crippen molar-refractivity contribution in [2.45, 2.75) is 32.0 Å². The molecule has 0 aliphatic carbocycles. The maximum atomic E-state index is 8.83. The minimum atomic E-state index is 0.561. The third-order valence-corrected chi connectivity index (χ3v) is 3.92. The maximum Gasteiger partial charge on any atom is 0.0991 e. The molecule has 4 nitrogen and oxygen atoms in total. The predicted molar refractivity (Wildman–Crippen MR) is 76.8 cm³/mol. The standard InChI is InChI=1S/C16H18N4/c17-11-14-4-6-15(7-5-14)12-19-9-1-3-16(19)13-20-10-2-8-18-20/h2,4-8,10,16H,1,3,9,12-13H2/t16-/m0/s1. The molecule has 20 heavy (non-hydrogen) atoms. The molecule has 0 N–H and O–H groups in total. The van der Waals surface area contributed by atoms with Gasteiger partial charge < -0.3 is 0 Å². The van der Waals surface area contributed by atoms with Crippen molar-refractivity contribution in [1.82, 2.24) is 14.7 Å². The Morgan fingerprint density at radius 1 is 1.30 bits per heavy atom. The number of aromatic nitrogens is 2. The maximum absolute atomic E-state index is 8.83. The summed E-state index contributed by atoms with van der Waals surface area (Å²) in [4.78, 5) is 2.52. The topological polar surface area (TPSA) is 44.9 Å². The quantitative estimate of drug-likeness (QED) is 0.853. The summed E-state index contributed by atoms with van der Waals surface area (Å²) >= 11 is 0. The van der Waals surface area contributed by atoms with Crippen LogP contribution in [0.3, 0.4) is 0 Å². The fraction of sp³-hybridized carbons (Fsp3) is 0.375. The van der Waals surface area contributed by atoms with Crippen molar-refractivity contribution in [3.63, 3.8) is 0 Å². The number of likely N-dealkylation sites (tertiary alicyclic amines) is 1. The Bertz CT molecular complexity index is 580. The van der Waals surface area contributed by atoms with Gasteiger partial charge >= 0.3 is 0 Å². The summed E-state index contributed by atoms with van der Waals surface area (Å²) in [5.41, 5.74) is 2.00. The highest BCUT2D eigenvalue weighted by Gasteiger charge is 2.24. The van der Waals surface area contributed by atoms with E-state index in [0.717, 1.165) is 25.2 Å². The lowest BCUT2D eigenvalue weighted by atomic mass is 10.1. The minimum Gasteiger partial charge on any atom is -0.294 e. The van der Waals surface area contributed by atoms with Crippen LogP contribution in [0.2, 0.25) is 0 Å². The van der Waals surface area contributed by atoms with E-state index < -0.39 is 0 Å². The van der Waals surface area contributed by atoms with Crippen LogP contribution in [0, 0.1) is 11.3 Å². The Morgan fingerprint density at radius 2 is 2.15 bits per heavy atom. The number of nitrogens with zero attached hydrogens (tertiary/aromatic N) is 4. The first-order valence-electron chi connectivity index (χ1n) is 7.05. The van der Waals surface area contributed by atoms with Gasteiger partial charge in [0.25, 0.3) is 0 Å². The van der Waals surface area contributed by atoms with Crippen LogP contribution in [0.15, 0.2) is 42.7 Å². The third kappa shape index (κ3) is 2.89. The molecule has 2 heterocycles. The van der Waals surface area contributed by atoms with Gasteiger partial charge in [0.15, 0.2) is 0 Å². The van der Waals surface area contributed by atoms with Gasteiger partial charge in [-0.15, -0.1) is 0 Å². The Balaban J connectivity index is 1.64. The van der Waals surface area contributed by atoms with Gasteiger partial charge in [-0.2, -0.15) is 10.4 Å². The first kappa shape index (κ1) is 12.9. The second kappa shape index (κ2) is 5.89. The molecule has 0 saturated carbocycles. The van der Waals surface area contributed by atoms with E-state index >= 15 is 0 Å². The van der Waals surface area contributed by atoms with Crippen molar-refractivity contribution in [2.24, 2.45) is 0 Å². The summed E-state index contributed by atoms with van der Waals surface area (Å²) in [6.45, 7) is 3.06. The summed E-state index contributed by atoms with van der Waals surface area (Å²) in [5, 5.41) is 13.1. The fourth-order valence-corrected chi connectivity index (χ4v) is 2.85. The number of hydrogen-bond donors (Lipinski definition) is 0. The minimum absolute atomic E-state index is 0.561. The van der Waals surface area contributed by atoms with Crippen LogP contribution in [0.5, 0.6) is 0 Å². The van der Waals surface area contributed by atoms with Crippen LogP contribution in [0.25, 0.3) is 0 Å². The average molecular weight is 266 g/mol. The average Bonchev–Trinajstić information content (AvgIpc) is 3.13. The van der Waals surface area contributed by atoms with Crippen molar-refractivity contribution < 1.29 is 0 Å². The molecule has 0 radical (unpaired) electrons. The molecule has 1 saturated heterocycles. The van der Waals surface area contributed by atoms with Crippen molar-refractivity contribution in [3.8, 4) is 6.07 Å². The van der Waals surface area contributed by atoms with Gasteiger partial charge in [-0.1, -0.05) is 12.1 Å². The predicted octanol–water partition coefficient (Wildman–Crippen LogP) is 2.42. The number of hydrogen-bond acceptors (Lipinski definition) is 3. The molecule has 102 valence electrons. The van der Waals surface area contributed by atoms with E-state index in [1.54, 1.807) is 0 Å². The van der Waals surface area contributed by atoms with Gasteiger partial charge in [0.1, 0.15) is 0 Å². The molecule has 1 aromatic carbocycles. The molecule has 1 aliphatic heterocycles. The second-order valence-electron chi connectivity index (χ2n) is 5.30. The highest BCUT2D eigenvalue weighted by molar-refractivity contribution is 5.31. The van der Waals surface area contributed by atoms with Crippen LogP contribution in [0.4, 0.5) is 0 Å². The van der Waals surface area contributed by atoms with E-state index in [1.165, 1.54) is 18.4 Å². The van der Waals surface area contributed by atoms with E-state index in [-0.39, 0.29) is 0 Å². The largest absolute Gasteiger partial charge is 0.294 e. The van der Waals surface area contributed by atoms with Gasteiger partial charge in [0.05, 0.1) is 18.2 Å². The number of nitriles is 1. The third-order valence-electron chi connectivity index (χ3n) is 3.92. The van der Waals surface area contributed by atoms with Crippen LogP contribution < -0.4 is 0 Å². The van der Waals surface area contributed by atoms with Crippen LogP contribution in [-0.2, 0) is 13.1 Å². The van der Waals surface area contributed by atoms with E-state index in [9.17, 15) is 0 Å². The molecule has 0 bridgehead atoms. The zero-order chi connectivity index (χ0) is 13.8. The first-order valence-corrected chi connectivity index (χ1v) is 7.05. The summed E-state index contributed by atoms with van der Waals surface area (Å²) < 4.78 is 2.02. The molecule has 1 aliphatic rings. The molecule has 0 spiro atoms. The normalized spacial score (nSPS) is 19.1. The van der Waals surface area contributed by atoms with E-state index in [4.69, 9.17) is 5.26 Å². The van der Waals surface area contributed by atoms with E-state index in [0.29, 0.717) is 6.04 Å². The smallest absolute Gasteiger partial charge is 0.0991 e. The van der Waals surface area contributed by atoms with Crippen molar-refractivity contribution in [3.05, 3.63) is 53.9 Å². The molecule has 0 unspecified atom stereocenters. The summed E-state index contributed by atoms with van der Waals surface area (Å²) in [7, 11) is 0. The van der Waals surface area contributed by atoms with Gasteiger partial charge in [-0.3, -0.25) is 9.58 Å². The Morgan fingerprint density at radius 3 is 2.85 bits per heavy atom. The van der Waals surface area contributed by atoms with Crippen molar-refractivity contribution in [1.29, 1.82) is 5.26 Å². The lowest BCUT2D eigenvalue weighted by Crippen LogP contribution is -2.32. The fourth-order valence-electron chi connectivity index (χ4n) is 2.85. The van der Waals surface area contributed by atoms with Gasteiger partial charge in [-0.25, -0.2) is 0 Å². The summed E-state index contributed by atoms with van der Waals surface area (Å²) in [6.07, 6.45) is 6.34. The summed E-state index contributed by atoms with van der Waals surface area (Å²) in [5.74, 6) is 0. The van der Waals surface area contributed by atoms with Gasteiger partial charge in [0.2, 0.25) is 0 Å². The van der Waals surface area contributed by atoms with E-state index in [1.807, 2.05) is 35.3 Å². The first-order chi connectivity index (χ1) is 9.85. The van der Waals surface area contributed by atoms with Crippen LogP contribution >= 0.6 is 0 Å². The van der Waals surface area contributed by atoms with Gasteiger partial charge in [0, 0.05) is 25.0 Å². The molecule has 4 heteroatoms. The van der Waals surface area contributed by atoms with Crippen LogP contribution in [-0.4, -0.2) is 27.3 Å². The molecule has 0 amide bonds. The summed E-state index contributed by atoms with van der Waals surface area (Å²) in [6, 6.07) is 12.6. The lowest BCUT2D eigenvalue weighted by Gasteiger charge is -2.24. The van der Waals surface area contributed by atoms with Crippen molar-refractivity contribution in [2.75, 3.05) is 6.54 Å². The molecule has 1 fully saturated rings. The SMILES string of the molecule is N#Cc1ccc(CN2CCC[C@H]2Cn2cccn2)cc1. The second-order valence-corrected chi connectivity index (χ2v) is 5.30. The highest BCUT2D eigenvalue weighted by atomic mass is 15.3. The molecular weight excluding hydrogens is 248 g/mol. The van der Waals surface area contributed by atoms with Crippen LogP contribution in [0.1, 0.15) is 24.0 Å². The molecule has 1 atom stereocenters. The molecule has 3 rings (SSSR count).